The van der Waals surface area contributed by atoms with Crippen molar-refractivity contribution >= 4 is 5.91 Å². The van der Waals surface area contributed by atoms with Gasteiger partial charge in [0.2, 0.25) is 5.91 Å². The molecule has 3 aliphatic rings. The second-order valence-corrected chi connectivity index (χ2v) is 8.51. The summed E-state index contributed by atoms with van der Waals surface area (Å²) in [5.41, 5.74) is 1.95. The van der Waals surface area contributed by atoms with Crippen LogP contribution in [0.1, 0.15) is 56.1 Å². The number of fused-ring (bicyclic) bond motifs is 3. The largest absolute Gasteiger partial charge is 0.493 e. The van der Waals surface area contributed by atoms with Gasteiger partial charge in [0.05, 0.1) is 18.2 Å². The molecule has 4 rings (SSSR count). The maximum Gasteiger partial charge on any atom is 0.217 e. The number of carbonyl (C=O) groups excluding carboxylic acids is 1. The second-order valence-electron chi connectivity index (χ2n) is 8.51. The Morgan fingerprint density at radius 2 is 2.11 bits per heavy atom. The molecule has 0 radical (unpaired) electrons. The fourth-order valence-corrected chi connectivity index (χ4v) is 5.15. The first-order valence-corrected chi connectivity index (χ1v) is 10.3. The van der Waals surface area contributed by atoms with Crippen molar-refractivity contribution in [2.24, 2.45) is 11.8 Å². The maximum absolute atomic E-state index is 11.2. The third kappa shape index (κ3) is 4.11. The molecule has 0 spiro atoms. The standard InChI is InChI=1S/C22H29N3O2/c1-15(26)24-19-5-2-16(3-6-19)8-9-25-12-18-14-27-22-7-4-17(11-23)10-20(22)21(18)13-25/h4,7,10,16,18-19,21H,2-3,5-6,8-9,12-14H2,1H3,(H,24,26)/t16?,18-,19?,21+/m0/s1. The van der Waals surface area contributed by atoms with Gasteiger partial charge in [0.25, 0.3) is 0 Å². The summed E-state index contributed by atoms with van der Waals surface area (Å²) in [5, 5.41) is 12.3. The molecule has 144 valence electrons. The van der Waals surface area contributed by atoms with E-state index in [4.69, 9.17) is 4.74 Å². The van der Waals surface area contributed by atoms with E-state index >= 15 is 0 Å². The lowest BCUT2D eigenvalue weighted by Crippen LogP contribution is -2.36. The van der Waals surface area contributed by atoms with Crippen LogP contribution in [0.5, 0.6) is 5.75 Å². The van der Waals surface area contributed by atoms with E-state index in [1.165, 1.54) is 24.8 Å². The molecule has 27 heavy (non-hydrogen) atoms. The first kappa shape index (κ1) is 18.3. The molecule has 1 aliphatic carbocycles. The molecule has 2 heterocycles. The lowest BCUT2D eigenvalue weighted by molar-refractivity contribution is -0.119. The molecule has 1 saturated heterocycles. The number of hydrogen-bond donors (Lipinski definition) is 1. The van der Waals surface area contributed by atoms with Crippen LogP contribution in [0.2, 0.25) is 0 Å². The number of nitrogens with zero attached hydrogens (tertiary/aromatic N) is 2. The van der Waals surface area contributed by atoms with Crippen LogP contribution in [-0.4, -0.2) is 43.1 Å². The summed E-state index contributed by atoms with van der Waals surface area (Å²) in [6, 6.07) is 8.48. The monoisotopic (exact) mass is 367 g/mol. The van der Waals surface area contributed by atoms with E-state index in [1.807, 2.05) is 18.2 Å². The van der Waals surface area contributed by atoms with Gasteiger partial charge in [-0.05, 0) is 62.8 Å². The molecule has 2 aliphatic heterocycles. The summed E-state index contributed by atoms with van der Waals surface area (Å²) in [6.45, 7) is 5.73. The zero-order valence-electron chi connectivity index (χ0n) is 16.1. The van der Waals surface area contributed by atoms with Crippen molar-refractivity contribution in [3.8, 4) is 11.8 Å². The van der Waals surface area contributed by atoms with Crippen molar-refractivity contribution < 1.29 is 9.53 Å². The lowest BCUT2D eigenvalue weighted by atomic mass is 9.84. The first-order valence-electron chi connectivity index (χ1n) is 10.3. The van der Waals surface area contributed by atoms with E-state index in [0.717, 1.165) is 56.3 Å². The molecule has 1 amide bonds. The molecule has 5 heteroatoms. The van der Waals surface area contributed by atoms with E-state index in [9.17, 15) is 10.1 Å². The van der Waals surface area contributed by atoms with Crippen molar-refractivity contribution in [1.82, 2.24) is 10.2 Å². The Morgan fingerprint density at radius 3 is 2.85 bits per heavy atom. The fraction of sp³-hybridized carbons (Fsp3) is 0.636. The number of likely N-dealkylation sites (tertiary alicyclic amines) is 1. The van der Waals surface area contributed by atoms with Gasteiger partial charge < -0.3 is 15.0 Å². The van der Waals surface area contributed by atoms with Crippen molar-refractivity contribution in [3.05, 3.63) is 29.3 Å². The number of rotatable bonds is 4. The molecular weight excluding hydrogens is 338 g/mol. The quantitative estimate of drug-likeness (QED) is 0.888. The van der Waals surface area contributed by atoms with Gasteiger partial charge in [-0.1, -0.05) is 0 Å². The third-order valence-electron chi connectivity index (χ3n) is 6.62. The molecule has 1 saturated carbocycles. The van der Waals surface area contributed by atoms with Crippen molar-refractivity contribution in [2.75, 3.05) is 26.2 Å². The molecule has 5 nitrogen and oxygen atoms in total. The van der Waals surface area contributed by atoms with E-state index in [0.29, 0.717) is 17.9 Å². The minimum Gasteiger partial charge on any atom is -0.493 e. The average Bonchev–Trinajstić information content (AvgIpc) is 3.10. The number of nitrogens with one attached hydrogen (secondary N) is 1. The minimum absolute atomic E-state index is 0.0974. The molecule has 1 aromatic rings. The van der Waals surface area contributed by atoms with Crippen LogP contribution in [0.4, 0.5) is 0 Å². The summed E-state index contributed by atoms with van der Waals surface area (Å²) < 4.78 is 5.95. The van der Waals surface area contributed by atoms with Crippen molar-refractivity contribution in [1.29, 1.82) is 5.26 Å². The van der Waals surface area contributed by atoms with E-state index in [1.54, 1.807) is 6.92 Å². The Bertz CT molecular complexity index is 734. The van der Waals surface area contributed by atoms with Gasteiger partial charge in [-0.15, -0.1) is 0 Å². The molecule has 0 aromatic heterocycles. The number of ether oxygens (including phenoxy) is 1. The number of amides is 1. The Kier molecular flexibility index (Phi) is 5.36. The molecule has 0 unspecified atom stereocenters. The highest BCUT2D eigenvalue weighted by atomic mass is 16.5. The number of benzene rings is 1. The summed E-state index contributed by atoms with van der Waals surface area (Å²) in [6.07, 6.45) is 5.94. The topological polar surface area (TPSA) is 65.4 Å². The van der Waals surface area contributed by atoms with Crippen molar-refractivity contribution in [3.63, 3.8) is 0 Å². The summed E-state index contributed by atoms with van der Waals surface area (Å²) in [7, 11) is 0. The molecular formula is C22H29N3O2. The zero-order chi connectivity index (χ0) is 18.8. The van der Waals surface area contributed by atoms with Crippen LogP contribution in [0, 0.1) is 23.2 Å². The summed E-state index contributed by atoms with van der Waals surface area (Å²) in [5.74, 6) is 2.89. The normalized spacial score (nSPS) is 29.9. The average molecular weight is 367 g/mol. The number of carbonyl (C=O) groups is 1. The van der Waals surface area contributed by atoms with E-state index < -0.39 is 0 Å². The summed E-state index contributed by atoms with van der Waals surface area (Å²) >= 11 is 0. The summed E-state index contributed by atoms with van der Waals surface area (Å²) in [4.78, 5) is 13.8. The van der Waals surface area contributed by atoms with E-state index in [-0.39, 0.29) is 5.91 Å². The van der Waals surface area contributed by atoms with Crippen molar-refractivity contribution in [2.45, 2.75) is 51.0 Å². The highest BCUT2D eigenvalue weighted by molar-refractivity contribution is 5.73. The predicted molar refractivity (Wildman–Crippen MR) is 104 cm³/mol. The van der Waals surface area contributed by atoms with Gasteiger partial charge in [0.15, 0.2) is 0 Å². The van der Waals surface area contributed by atoms with Gasteiger partial charge in [-0.25, -0.2) is 0 Å². The number of hydrogen-bond acceptors (Lipinski definition) is 4. The Balaban J connectivity index is 1.29. The second kappa shape index (κ2) is 7.90. The van der Waals surface area contributed by atoms with Crippen LogP contribution in [0.3, 0.4) is 0 Å². The molecule has 1 aromatic carbocycles. The maximum atomic E-state index is 11.2. The van der Waals surface area contributed by atoms with Gasteiger partial charge >= 0.3 is 0 Å². The molecule has 2 atom stereocenters. The molecule has 1 N–H and O–H groups in total. The van der Waals surface area contributed by atoms with Gasteiger partial charge in [-0.2, -0.15) is 5.26 Å². The van der Waals surface area contributed by atoms with E-state index in [2.05, 4.69) is 16.3 Å². The smallest absolute Gasteiger partial charge is 0.217 e. The first-order chi connectivity index (χ1) is 13.1. The van der Waals surface area contributed by atoms with Gasteiger partial charge in [0, 0.05) is 43.5 Å². The Morgan fingerprint density at radius 1 is 1.30 bits per heavy atom. The van der Waals surface area contributed by atoms with Gasteiger partial charge in [0.1, 0.15) is 5.75 Å². The lowest BCUT2D eigenvalue weighted by Gasteiger charge is -2.30. The van der Waals surface area contributed by atoms with Gasteiger partial charge in [-0.3, -0.25) is 4.79 Å². The van der Waals surface area contributed by atoms with Crippen LogP contribution >= 0.6 is 0 Å². The SMILES string of the molecule is CC(=O)NC1CCC(CCN2C[C@H]3COc4ccc(C#N)cc4[C@@H]3C2)CC1. The van der Waals surface area contributed by atoms with Crippen LogP contribution in [0.25, 0.3) is 0 Å². The Hall–Kier alpha value is -2.06. The fourth-order valence-electron chi connectivity index (χ4n) is 5.15. The highest BCUT2D eigenvalue weighted by Crippen LogP contribution is 2.42. The van der Waals surface area contributed by atoms with Crippen LogP contribution in [0.15, 0.2) is 18.2 Å². The third-order valence-corrected chi connectivity index (χ3v) is 6.62. The Labute approximate surface area is 161 Å². The highest BCUT2D eigenvalue weighted by Gasteiger charge is 2.38. The number of nitriles is 1. The molecule has 2 fully saturated rings. The van der Waals surface area contributed by atoms with Crippen LogP contribution in [-0.2, 0) is 4.79 Å². The minimum atomic E-state index is 0.0974. The zero-order valence-corrected chi connectivity index (χ0v) is 16.1. The predicted octanol–water partition coefficient (Wildman–Crippen LogP) is 3.05. The van der Waals surface area contributed by atoms with Crippen LogP contribution < -0.4 is 10.1 Å². The molecule has 0 bridgehead atoms.